The number of nitro groups is 1. The molecule has 1 amide bonds. The number of cyclic esters (lactones) is 1. The van der Waals surface area contributed by atoms with E-state index in [1.165, 1.54) is 5.56 Å². The Morgan fingerprint density at radius 2 is 2.10 bits per heavy atom. The molecule has 0 saturated carbocycles. The average molecular weight is 404 g/mol. The molecule has 0 spiro atoms. The molecule has 0 bridgehead atoms. The molecule has 7 heteroatoms. The van der Waals surface area contributed by atoms with Gasteiger partial charge in [-0.25, -0.2) is 4.79 Å². The summed E-state index contributed by atoms with van der Waals surface area (Å²) in [7, 11) is 0. The van der Waals surface area contributed by atoms with Crippen LogP contribution in [0.5, 0.6) is 0 Å². The Kier molecular flexibility index (Phi) is 7.86. The number of nitro benzene ring substituents is 1. The van der Waals surface area contributed by atoms with E-state index in [2.05, 4.69) is 11.8 Å². The van der Waals surface area contributed by atoms with Gasteiger partial charge in [0.25, 0.3) is 5.69 Å². The number of hydrogen-bond acceptors (Lipinski definition) is 5. The fraction of sp³-hybridized carbons (Fsp3) is 0.682. The minimum Gasteiger partial charge on any atom is -0.449 e. The Labute approximate surface area is 173 Å². The van der Waals surface area contributed by atoms with Crippen LogP contribution in [0.25, 0.3) is 0 Å². The van der Waals surface area contributed by atoms with Crippen molar-refractivity contribution in [2.75, 3.05) is 32.8 Å². The normalized spacial score (nSPS) is 19.6. The molecule has 160 valence electrons. The number of rotatable bonds is 9. The number of aryl methyl sites for hydroxylation is 1. The number of amides is 1. The van der Waals surface area contributed by atoms with Gasteiger partial charge in [-0.15, -0.1) is 0 Å². The van der Waals surface area contributed by atoms with Crippen LogP contribution in [-0.4, -0.2) is 59.6 Å². The summed E-state index contributed by atoms with van der Waals surface area (Å²) >= 11 is 0. The first-order valence-electron chi connectivity index (χ1n) is 11.0. The summed E-state index contributed by atoms with van der Waals surface area (Å²) in [6.07, 6.45) is 7.88. The number of non-ortho nitro benzene ring substituents is 1. The van der Waals surface area contributed by atoms with Crippen molar-refractivity contribution in [1.29, 1.82) is 0 Å². The Bertz CT molecular complexity index is 709. The van der Waals surface area contributed by atoms with E-state index in [9.17, 15) is 14.9 Å². The first kappa shape index (κ1) is 21.6. The van der Waals surface area contributed by atoms with Crippen molar-refractivity contribution >= 4 is 11.8 Å². The first-order chi connectivity index (χ1) is 14.1. The van der Waals surface area contributed by atoms with Crippen molar-refractivity contribution in [2.24, 2.45) is 0 Å². The van der Waals surface area contributed by atoms with Crippen molar-refractivity contribution in [3.8, 4) is 0 Å². The minimum absolute atomic E-state index is 0.168. The summed E-state index contributed by atoms with van der Waals surface area (Å²) < 4.78 is 5.22. The van der Waals surface area contributed by atoms with Gasteiger partial charge in [-0.1, -0.05) is 13.0 Å². The molecule has 1 fully saturated rings. The number of nitrogens with zero attached hydrogens (tertiary/aromatic N) is 3. The highest BCUT2D eigenvalue weighted by atomic mass is 16.6. The molecule has 1 aromatic carbocycles. The summed E-state index contributed by atoms with van der Waals surface area (Å²) in [6, 6.07) is 5.74. The van der Waals surface area contributed by atoms with Crippen LogP contribution in [0.2, 0.25) is 0 Å². The third-order valence-corrected chi connectivity index (χ3v) is 6.06. The second-order valence-electron chi connectivity index (χ2n) is 8.16. The molecule has 0 radical (unpaired) electrons. The second kappa shape index (κ2) is 10.6. The minimum atomic E-state index is -0.304. The predicted octanol–water partition coefficient (Wildman–Crippen LogP) is 4.18. The summed E-state index contributed by atoms with van der Waals surface area (Å²) in [5.74, 6) is 0. The molecular formula is C22H33N3O4. The van der Waals surface area contributed by atoms with Gasteiger partial charge in [0.1, 0.15) is 0 Å². The highest BCUT2D eigenvalue weighted by Crippen LogP contribution is 2.28. The lowest BCUT2D eigenvalue weighted by Gasteiger charge is -2.35. The van der Waals surface area contributed by atoms with Crippen LogP contribution in [0.1, 0.15) is 56.6 Å². The number of benzene rings is 1. The summed E-state index contributed by atoms with van der Waals surface area (Å²) in [5, 5.41) is 11.1. The maximum atomic E-state index is 11.9. The van der Waals surface area contributed by atoms with Gasteiger partial charge >= 0.3 is 6.09 Å². The van der Waals surface area contributed by atoms with Gasteiger partial charge in [-0.05, 0) is 75.6 Å². The van der Waals surface area contributed by atoms with E-state index in [0.29, 0.717) is 12.6 Å². The van der Waals surface area contributed by atoms with Gasteiger partial charge in [0.2, 0.25) is 0 Å². The highest BCUT2D eigenvalue weighted by Gasteiger charge is 2.25. The van der Waals surface area contributed by atoms with E-state index < -0.39 is 0 Å². The van der Waals surface area contributed by atoms with Crippen LogP contribution in [0, 0.1) is 10.1 Å². The Hall–Kier alpha value is -2.15. The smallest absolute Gasteiger partial charge is 0.409 e. The predicted molar refractivity (Wildman–Crippen MR) is 112 cm³/mol. The number of unbranched alkanes of at least 4 members (excludes halogenated alkanes) is 1. The molecule has 7 nitrogen and oxygen atoms in total. The van der Waals surface area contributed by atoms with Gasteiger partial charge in [0.15, 0.2) is 0 Å². The Balaban J connectivity index is 1.52. The SMILES string of the molecule is CCCN(CCCCN1CCCCOC1=O)C1CCc2ccc([N+](=O)[O-])cc2C1. The molecule has 1 aromatic rings. The molecule has 1 heterocycles. The molecule has 1 atom stereocenters. The van der Waals surface area contributed by atoms with Crippen molar-refractivity contribution in [2.45, 2.75) is 64.3 Å². The van der Waals surface area contributed by atoms with E-state index in [1.54, 1.807) is 12.1 Å². The zero-order valence-electron chi connectivity index (χ0n) is 17.5. The number of carbonyl (C=O) groups excluding carboxylic acids is 1. The number of ether oxygens (including phenoxy) is 1. The second-order valence-corrected chi connectivity index (χ2v) is 8.16. The topological polar surface area (TPSA) is 75.9 Å². The molecular weight excluding hydrogens is 370 g/mol. The van der Waals surface area contributed by atoms with Crippen molar-refractivity contribution in [3.05, 3.63) is 39.4 Å². The van der Waals surface area contributed by atoms with Crippen LogP contribution in [0.3, 0.4) is 0 Å². The van der Waals surface area contributed by atoms with Crippen molar-refractivity contribution < 1.29 is 14.5 Å². The number of fused-ring (bicyclic) bond motifs is 1. The third kappa shape index (κ3) is 5.92. The molecule has 1 aliphatic carbocycles. The van der Waals surface area contributed by atoms with Gasteiger partial charge in [-0.2, -0.15) is 0 Å². The molecule has 1 saturated heterocycles. The van der Waals surface area contributed by atoms with Gasteiger partial charge in [0.05, 0.1) is 11.5 Å². The Morgan fingerprint density at radius 1 is 1.24 bits per heavy atom. The fourth-order valence-electron chi connectivity index (χ4n) is 4.48. The molecule has 3 rings (SSSR count). The standard InChI is InChI=1S/C22H33N3O4/c1-2-11-23(12-3-4-13-24-14-5-6-15-29-22(24)26)20-9-7-18-8-10-21(25(27)28)17-19(18)16-20/h8,10,17,20H,2-7,9,11-16H2,1H3. The zero-order valence-corrected chi connectivity index (χ0v) is 17.5. The van der Waals surface area contributed by atoms with E-state index in [-0.39, 0.29) is 16.7 Å². The lowest BCUT2D eigenvalue weighted by atomic mass is 9.87. The van der Waals surface area contributed by atoms with Crippen LogP contribution in [0.4, 0.5) is 10.5 Å². The van der Waals surface area contributed by atoms with E-state index in [1.807, 2.05) is 11.0 Å². The summed E-state index contributed by atoms with van der Waals surface area (Å²) in [5.41, 5.74) is 2.57. The quantitative estimate of drug-likeness (QED) is 0.351. The summed E-state index contributed by atoms with van der Waals surface area (Å²) in [6.45, 7) is 6.35. The molecule has 0 N–H and O–H groups in total. The fourth-order valence-corrected chi connectivity index (χ4v) is 4.48. The third-order valence-electron chi connectivity index (χ3n) is 6.06. The molecule has 1 unspecified atom stereocenters. The van der Waals surface area contributed by atoms with E-state index >= 15 is 0 Å². The molecule has 29 heavy (non-hydrogen) atoms. The maximum absolute atomic E-state index is 11.9. The van der Waals surface area contributed by atoms with E-state index in [0.717, 1.165) is 83.1 Å². The average Bonchev–Trinajstić information content (AvgIpc) is 2.93. The van der Waals surface area contributed by atoms with Crippen LogP contribution in [-0.2, 0) is 17.6 Å². The molecule has 1 aliphatic heterocycles. The van der Waals surface area contributed by atoms with Crippen LogP contribution >= 0.6 is 0 Å². The number of hydrogen-bond donors (Lipinski definition) is 0. The van der Waals surface area contributed by atoms with E-state index in [4.69, 9.17) is 4.74 Å². The first-order valence-corrected chi connectivity index (χ1v) is 11.0. The Morgan fingerprint density at radius 3 is 2.90 bits per heavy atom. The lowest BCUT2D eigenvalue weighted by molar-refractivity contribution is -0.384. The number of carbonyl (C=O) groups is 1. The lowest BCUT2D eigenvalue weighted by Crippen LogP contribution is -2.40. The van der Waals surface area contributed by atoms with Crippen LogP contribution in [0.15, 0.2) is 18.2 Å². The van der Waals surface area contributed by atoms with Gasteiger partial charge in [0, 0.05) is 31.3 Å². The van der Waals surface area contributed by atoms with Gasteiger partial charge in [-0.3, -0.25) is 10.1 Å². The van der Waals surface area contributed by atoms with Crippen molar-refractivity contribution in [3.63, 3.8) is 0 Å². The molecule has 2 aliphatic rings. The monoisotopic (exact) mass is 403 g/mol. The largest absolute Gasteiger partial charge is 0.449 e. The highest BCUT2D eigenvalue weighted by molar-refractivity contribution is 5.67. The zero-order chi connectivity index (χ0) is 20.6. The summed E-state index contributed by atoms with van der Waals surface area (Å²) in [4.78, 5) is 27.1. The maximum Gasteiger partial charge on any atom is 0.409 e. The van der Waals surface area contributed by atoms with Gasteiger partial charge < -0.3 is 14.5 Å². The van der Waals surface area contributed by atoms with Crippen LogP contribution < -0.4 is 0 Å². The van der Waals surface area contributed by atoms with Crippen molar-refractivity contribution in [1.82, 2.24) is 9.80 Å². The molecule has 0 aromatic heterocycles.